The van der Waals surface area contributed by atoms with Crippen molar-refractivity contribution in [1.82, 2.24) is 9.61 Å². The van der Waals surface area contributed by atoms with Crippen molar-refractivity contribution in [2.24, 2.45) is 0 Å². The van der Waals surface area contributed by atoms with E-state index in [1.165, 1.54) is 0 Å². The van der Waals surface area contributed by atoms with Crippen LogP contribution in [-0.4, -0.2) is 9.61 Å². The van der Waals surface area contributed by atoms with E-state index in [9.17, 15) is 0 Å². The summed E-state index contributed by atoms with van der Waals surface area (Å²) in [6, 6.07) is 9.02. The average Bonchev–Trinajstić information content (AvgIpc) is 2.36. The maximum Gasteiger partial charge on any atom is 0.0744 e. The van der Waals surface area contributed by atoms with Crippen molar-refractivity contribution < 1.29 is 0 Å². The van der Waals surface area contributed by atoms with E-state index < -0.39 is 0 Å². The van der Waals surface area contributed by atoms with Crippen LogP contribution in [0.5, 0.6) is 0 Å². The molecular weight excluding hydrogens is 124 g/mol. The summed E-state index contributed by atoms with van der Waals surface area (Å²) < 4.78 is 1.86. The van der Waals surface area contributed by atoms with Gasteiger partial charge in [0.2, 0.25) is 0 Å². The lowest BCUT2D eigenvalue weighted by Gasteiger charge is -1.95. The molecule has 0 N–H and O–H groups in total. The molecule has 0 aromatic carbocycles. The third-order valence-corrected chi connectivity index (χ3v) is 1.54. The first kappa shape index (κ1) is 5.47. The molecule has 49 valence electrons. The van der Waals surface area contributed by atoms with Crippen molar-refractivity contribution in [3.63, 3.8) is 0 Å². The summed E-state index contributed by atoms with van der Waals surface area (Å²) in [5.74, 6) is 0. The second-order valence-corrected chi connectivity index (χ2v) is 2.25. The van der Waals surface area contributed by atoms with E-state index in [0.29, 0.717) is 0 Å². The number of aromatic nitrogens is 2. The van der Waals surface area contributed by atoms with Gasteiger partial charge in [-0.05, 0) is 19.1 Å². The average molecular weight is 131 g/mol. The van der Waals surface area contributed by atoms with Crippen molar-refractivity contribution >= 4 is 5.52 Å². The lowest BCUT2D eigenvalue weighted by molar-refractivity contribution is 0.915. The molecule has 2 heteroatoms. The first-order chi connectivity index (χ1) is 4.88. The first-order valence-electron chi connectivity index (χ1n) is 3.19. The number of rotatable bonds is 0. The van der Waals surface area contributed by atoms with E-state index in [1.807, 2.05) is 29.6 Å². The quantitative estimate of drug-likeness (QED) is 0.529. The number of nitrogens with zero attached hydrogens (tertiary/aromatic N) is 2. The molecule has 2 nitrogen and oxygen atoms in total. The minimum absolute atomic E-state index is 1.03. The first-order valence-corrected chi connectivity index (χ1v) is 3.19. The topological polar surface area (TPSA) is 17.3 Å². The molecule has 0 saturated carbocycles. The summed E-state index contributed by atoms with van der Waals surface area (Å²) in [5, 5.41) is 4.08. The highest BCUT2D eigenvalue weighted by Gasteiger charge is 1.92. The Hall–Kier alpha value is -1.31. The zero-order valence-electron chi connectivity index (χ0n) is 5.70. The number of hydrogen-bond donors (Lipinski definition) is 0. The SMILES string of the molecule is Cc1cccc2[c]cnn12. The fourth-order valence-corrected chi connectivity index (χ4v) is 1.02. The summed E-state index contributed by atoms with van der Waals surface area (Å²) in [6.07, 6.45) is 1.68. The molecule has 0 bridgehead atoms. The van der Waals surface area contributed by atoms with Crippen molar-refractivity contribution in [3.05, 3.63) is 36.2 Å². The lowest BCUT2D eigenvalue weighted by Crippen LogP contribution is -1.90. The highest BCUT2D eigenvalue weighted by molar-refractivity contribution is 5.44. The Morgan fingerprint density at radius 1 is 1.50 bits per heavy atom. The zero-order valence-corrected chi connectivity index (χ0v) is 5.70. The fourth-order valence-electron chi connectivity index (χ4n) is 1.02. The molecule has 2 heterocycles. The highest BCUT2D eigenvalue weighted by Crippen LogP contribution is 2.02. The number of aryl methyl sites for hydroxylation is 1. The Morgan fingerprint density at radius 3 is 3.20 bits per heavy atom. The third-order valence-electron chi connectivity index (χ3n) is 1.54. The maximum absolute atomic E-state index is 4.08. The van der Waals surface area contributed by atoms with Crippen molar-refractivity contribution in [2.45, 2.75) is 6.92 Å². The number of pyridine rings is 1. The van der Waals surface area contributed by atoms with Gasteiger partial charge < -0.3 is 0 Å². The van der Waals surface area contributed by atoms with Gasteiger partial charge in [0.15, 0.2) is 0 Å². The predicted octanol–water partition coefficient (Wildman–Crippen LogP) is 1.44. The van der Waals surface area contributed by atoms with Gasteiger partial charge in [0.25, 0.3) is 0 Å². The molecule has 1 radical (unpaired) electrons. The van der Waals surface area contributed by atoms with E-state index in [4.69, 9.17) is 0 Å². The normalized spacial score (nSPS) is 10.5. The molecule has 0 unspecified atom stereocenters. The molecule has 2 aromatic rings. The molecule has 0 saturated heterocycles. The second-order valence-electron chi connectivity index (χ2n) is 2.25. The second kappa shape index (κ2) is 1.84. The minimum Gasteiger partial charge on any atom is -0.237 e. The van der Waals surface area contributed by atoms with Gasteiger partial charge in [-0.1, -0.05) is 6.07 Å². The number of fused-ring (bicyclic) bond motifs is 1. The van der Waals surface area contributed by atoms with Crippen LogP contribution in [-0.2, 0) is 0 Å². The lowest BCUT2D eigenvalue weighted by atomic mass is 10.3. The monoisotopic (exact) mass is 131 g/mol. The van der Waals surface area contributed by atoms with E-state index >= 15 is 0 Å². The van der Waals surface area contributed by atoms with Gasteiger partial charge >= 0.3 is 0 Å². The molecule has 0 amide bonds. The molecule has 0 aliphatic carbocycles. The van der Waals surface area contributed by atoms with Crippen molar-refractivity contribution in [2.75, 3.05) is 0 Å². The van der Waals surface area contributed by atoms with Gasteiger partial charge in [-0.15, -0.1) is 0 Å². The van der Waals surface area contributed by atoms with Crippen LogP contribution in [0.1, 0.15) is 5.69 Å². The predicted molar refractivity (Wildman–Crippen MR) is 38.8 cm³/mol. The van der Waals surface area contributed by atoms with Crippen molar-refractivity contribution in [3.8, 4) is 0 Å². The van der Waals surface area contributed by atoms with E-state index in [1.54, 1.807) is 6.20 Å². The van der Waals surface area contributed by atoms with Gasteiger partial charge in [0.1, 0.15) is 0 Å². The van der Waals surface area contributed by atoms with Gasteiger partial charge in [0.05, 0.1) is 11.7 Å². The Morgan fingerprint density at radius 2 is 2.40 bits per heavy atom. The summed E-state index contributed by atoms with van der Waals surface area (Å²) in [7, 11) is 0. The van der Waals surface area contributed by atoms with Crippen LogP contribution in [0.2, 0.25) is 0 Å². The minimum atomic E-state index is 1.03. The van der Waals surface area contributed by atoms with E-state index in [-0.39, 0.29) is 0 Å². The Labute approximate surface area is 59.1 Å². The molecule has 2 aromatic heterocycles. The van der Waals surface area contributed by atoms with Crippen LogP contribution in [0.25, 0.3) is 5.52 Å². The standard InChI is InChI=1S/C8H7N2/c1-7-3-2-4-8-5-6-9-10(7)8/h2-4,6H,1H3. The largest absolute Gasteiger partial charge is 0.237 e. The van der Waals surface area contributed by atoms with Crippen LogP contribution in [0.15, 0.2) is 24.4 Å². The van der Waals surface area contributed by atoms with E-state index in [2.05, 4.69) is 11.2 Å². The molecule has 0 aliphatic rings. The molecule has 0 aliphatic heterocycles. The van der Waals surface area contributed by atoms with Crippen LogP contribution in [0.3, 0.4) is 0 Å². The molecule has 10 heavy (non-hydrogen) atoms. The van der Waals surface area contributed by atoms with Gasteiger partial charge in [-0.3, -0.25) is 0 Å². The Kier molecular flexibility index (Phi) is 1.01. The summed E-state index contributed by atoms with van der Waals surface area (Å²) >= 11 is 0. The van der Waals surface area contributed by atoms with Gasteiger partial charge in [-0.2, -0.15) is 5.10 Å². The highest BCUT2D eigenvalue weighted by atomic mass is 15.2. The Balaban J connectivity index is 2.95. The van der Waals surface area contributed by atoms with Crippen LogP contribution in [0, 0.1) is 13.0 Å². The van der Waals surface area contributed by atoms with Crippen LogP contribution >= 0.6 is 0 Å². The molecule has 2 rings (SSSR count). The number of hydrogen-bond acceptors (Lipinski definition) is 1. The van der Waals surface area contributed by atoms with Gasteiger partial charge in [0, 0.05) is 11.8 Å². The summed E-state index contributed by atoms with van der Waals surface area (Å²) in [4.78, 5) is 0. The fraction of sp³-hybridized carbons (Fsp3) is 0.125. The smallest absolute Gasteiger partial charge is 0.0744 e. The Bertz CT molecular complexity index is 349. The molecule has 0 spiro atoms. The maximum atomic E-state index is 4.08. The van der Waals surface area contributed by atoms with Crippen LogP contribution in [0.4, 0.5) is 0 Å². The van der Waals surface area contributed by atoms with Crippen molar-refractivity contribution in [1.29, 1.82) is 0 Å². The van der Waals surface area contributed by atoms with Gasteiger partial charge in [-0.25, -0.2) is 4.52 Å². The van der Waals surface area contributed by atoms with E-state index in [0.717, 1.165) is 11.2 Å². The third kappa shape index (κ3) is 0.620. The molecule has 0 atom stereocenters. The summed E-state index contributed by atoms with van der Waals surface area (Å²) in [6.45, 7) is 2.02. The molecule has 0 fully saturated rings. The summed E-state index contributed by atoms with van der Waals surface area (Å²) in [5.41, 5.74) is 2.17. The van der Waals surface area contributed by atoms with Crippen LogP contribution < -0.4 is 0 Å². The molecular formula is C8H7N2. The zero-order chi connectivity index (χ0) is 6.97.